The molecule has 4 nitrogen and oxygen atoms in total. The van der Waals surface area contributed by atoms with Crippen molar-refractivity contribution in [2.45, 2.75) is 25.0 Å². The first-order valence-electron chi connectivity index (χ1n) is 3.99. The van der Waals surface area contributed by atoms with Crippen molar-refractivity contribution in [1.29, 1.82) is 0 Å². The van der Waals surface area contributed by atoms with Crippen LogP contribution in [0, 0.1) is 0 Å². The summed E-state index contributed by atoms with van der Waals surface area (Å²) in [6.45, 7) is 1.59. The summed E-state index contributed by atoms with van der Waals surface area (Å²) in [4.78, 5) is 0. The molecule has 0 radical (unpaired) electrons. The first-order chi connectivity index (χ1) is 5.63. The molecule has 0 spiro atoms. The minimum atomic E-state index is -3.02. The first kappa shape index (κ1) is 12.9. The van der Waals surface area contributed by atoms with E-state index in [9.17, 15) is 16.8 Å². The predicted octanol–water partition coefficient (Wildman–Crippen LogP) is 0.244. The maximum absolute atomic E-state index is 10.9. The van der Waals surface area contributed by atoms with Crippen LogP contribution >= 0.6 is 0 Å². The lowest BCUT2D eigenvalue weighted by Gasteiger charge is -2.07. The van der Waals surface area contributed by atoms with Gasteiger partial charge in [0.25, 0.3) is 0 Å². The number of hydrogen-bond donors (Lipinski definition) is 0. The third kappa shape index (κ3) is 7.01. The van der Waals surface area contributed by atoms with Crippen LogP contribution in [0.25, 0.3) is 0 Å². The van der Waals surface area contributed by atoms with Gasteiger partial charge in [-0.1, -0.05) is 0 Å². The average Bonchev–Trinajstić information content (AvgIpc) is 1.82. The average molecular weight is 228 g/mol. The van der Waals surface area contributed by atoms with Gasteiger partial charge in [-0.3, -0.25) is 0 Å². The second kappa shape index (κ2) is 4.41. The Balaban J connectivity index is 3.94. The molecule has 0 aromatic rings. The number of rotatable bonds is 5. The Morgan fingerprint density at radius 1 is 1.08 bits per heavy atom. The van der Waals surface area contributed by atoms with Crippen LogP contribution in [0.3, 0.4) is 0 Å². The molecule has 0 saturated heterocycles. The zero-order valence-corrected chi connectivity index (χ0v) is 9.78. The third-order valence-corrected chi connectivity index (χ3v) is 4.58. The molecule has 0 bridgehead atoms. The highest BCUT2D eigenvalue weighted by molar-refractivity contribution is 7.91. The summed E-state index contributed by atoms with van der Waals surface area (Å²) in [6.07, 6.45) is 3.13. The van der Waals surface area contributed by atoms with E-state index in [0.29, 0.717) is 12.8 Å². The highest BCUT2D eigenvalue weighted by Crippen LogP contribution is 2.07. The molecule has 0 aliphatic carbocycles. The normalized spacial score (nSPS) is 15.6. The molecule has 0 aromatic carbocycles. The number of hydrogen-bond acceptors (Lipinski definition) is 4. The molecule has 0 fully saturated rings. The smallest absolute Gasteiger partial charge is 0.150 e. The fourth-order valence-electron chi connectivity index (χ4n) is 0.847. The van der Waals surface area contributed by atoms with Crippen LogP contribution in [0.1, 0.15) is 19.8 Å². The SMILES string of the molecule is CC(CCCS(C)(=O)=O)S(C)(=O)=O. The topological polar surface area (TPSA) is 68.3 Å². The Labute approximate surface area is 80.2 Å². The van der Waals surface area contributed by atoms with E-state index < -0.39 is 24.9 Å². The van der Waals surface area contributed by atoms with Crippen molar-refractivity contribution < 1.29 is 16.8 Å². The third-order valence-electron chi connectivity index (χ3n) is 1.86. The standard InChI is InChI=1S/C7H16O4S2/c1-7(13(3,10)11)5-4-6-12(2,8)9/h7H,4-6H2,1-3H3. The highest BCUT2D eigenvalue weighted by atomic mass is 32.2. The van der Waals surface area contributed by atoms with Gasteiger partial charge < -0.3 is 0 Å². The fraction of sp³-hybridized carbons (Fsp3) is 1.00. The lowest BCUT2D eigenvalue weighted by molar-refractivity contribution is 0.576. The molecule has 13 heavy (non-hydrogen) atoms. The molecule has 0 N–H and O–H groups in total. The molecular formula is C7H16O4S2. The maximum Gasteiger partial charge on any atom is 0.150 e. The molecule has 80 valence electrons. The summed E-state index contributed by atoms with van der Waals surface area (Å²) in [5, 5.41) is -0.450. The van der Waals surface area contributed by atoms with Crippen molar-refractivity contribution in [2.24, 2.45) is 0 Å². The van der Waals surface area contributed by atoms with Gasteiger partial charge in [-0.2, -0.15) is 0 Å². The lowest BCUT2D eigenvalue weighted by Crippen LogP contribution is -2.17. The van der Waals surface area contributed by atoms with Crippen LogP contribution in [0.5, 0.6) is 0 Å². The van der Waals surface area contributed by atoms with E-state index in [1.165, 1.54) is 0 Å². The fourth-order valence-corrected chi connectivity index (χ4v) is 2.13. The molecule has 1 unspecified atom stereocenters. The largest absolute Gasteiger partial charge is 0.229 e. The highest BCUT2D eigenvalue weighted by Gasteiger charge is 2.14. The van der Waals surface area contributed by atoms with E-state index in [1.54, 1.807) is 6.92 Å². The van der Waals surface area contributed by atoms with Crippen molar-refractivity contribution >= 4 is 19.7 Å². The molecule has 0 rings (SSSR count). The minimum Gasteiger partial charge on any atom is -0.229 e. The monoisotopic (exact) mass is 228 g/mol. The summed E-state index contributed by atoms with van der Waals surface area (Å²) < 4.78 is 43.3. The first-order valence-corrected chi connectivity index (χ1v) is 8.01. The Bertz CT molecular complexity index is 339. The summed E-state index contributed by atoms with van der Waals surface area (Å²) in [7, 11) is -5.98. The van der Waals surface area contributed by atoms with Crippen molar-refractivity contribution in [1.82, 2.24) is 0 Å². The van der Waals surface area contributed by atoms with Gasteiger partial charge in [0, 0.05) is 18.3 Å². The van der Waals surface area contributed by atoms with E-state index in [-0.39, 0.29) is 5.75 Å². The summed E-state index contributed by atoms with van der Waals surface area (Å²) in [5.74, 6) is 0.0624. The predicted molar refractivity (Wildman–Crippen MR) is 53.3 cm³/mol. The molecular weight excluding hydrogens is 212 g/mol. The van der Waals surface area contributed by atoms with E-state index in [2.05, 4.69) is 0 Å². The van der Waals surface area contributed by atoms with Crippen molar-refractivity contribution in [3.05, 3.63) is 0 Å². The lowest BCUT2D eigenvalue weighted by atomic mass is 10.3. The van der Waals surface area contributed by atoms with Crippen LogP contribution in [0.4, 0.5) is 0 Å². The van der Waals surface area contributed by atoms with E-state index >= 15 is 0 Å². The Kier molecular flexibility index (Phi) is 4.38. The van der Waals surface area contributed by atoms with Gasteiger partial charge in [-0.25, -0.2) is 16.8 Å². The van der Waals surface area contributed by atoms with E-state index in [1.807, 2.05) is 0 Å². The van der Waals surface area contributed by atoms with E-state index in [0.717, 1.165) is 12.5 Å². The second-order valence-electron chi connectivity index (χ2n) is 3.41. The van der Waals surface area contributed by atoms with Crippen LogP contribution in [0.15, 0.2) is 0 Å². The van der Waals surface area contributed by atoms with Crippen molar-refractivity contribution in [2.75, 3.05) is 18.3 Å². The zero-order valence-electron chi connectivity index (χ0n) is 8.15. The molecule has 0 heterocycles. The molecule has 1 atom stereocenters. The Morgan fingerprint density at radius 2 is 1.54 bits per heavy atom. The van der Waals surface area contributed by atoms with Gasteiger partial charge in [-0.15, -0.1) is 0 Å². The molecule has 0 aliphatic rings. The van der Waals surface area contributed by atoms with Gasteiger partial charge in [-0.05, 0) is 19.8 Å². The van der Waals surface area contributed by atoms with Gasteiger partial charge in [0.2, 0.25) is 0 Å². The Morgan fingerprint density at radius 3 is 1.85 bits per heavy atom. The number of sulfone groups is 2. The maximum atomic E-state index is 10.9. The molecule has 0 amide bonds. The summed E-state index contributed by atoms with van der Waals surface area (Å²) in [6, 6.07) is 0. The van der Waals surface area contributed by atoms with Crippen molar-refractivity contribution in [3.63, 3.8) is 0 Å². The Hall–Kier alpha value is -0.100. The van der Waals surface area contributed by atoms with Gasteiger partial charge in [0.1, 0.15) is 19.7 Å². The van der Waals surface area contributed by atoms with Gasteiger partial charge in [0.15, 0.2) is 0 Å². The van der Waals surface area contributed by atoms with Crippen molar-refractivity contribution in [3.8, 4) is 0 Å². The van der Waals surface area contributed by atoms with Gasteiger partial charge in [0.05, 0.1) is 5.25 Å². The van der Waals surface area contributed by atoms with Crippen LogP contribution in [-0.4, -0.2) is 40.3 Å². The van der Waals surface area contributed by atoms with Crippen LogP contribution in [-0.2, 0) is 19.7 Å². The summed E-state index contributed by atoms with van der Waals surface area (Å²) >= 11 is 0. The quantitative estimate of drug-likeness (QED) is 0.676. The zero-order chi connectivity index (χ0) is 10.7. The van der Waals surface area contributed by atoms with Crippen LogP contribution < -0.4 is 0 Å². The minimum absolute atomic E-state index is 0.0624. The van der Waals surface area contributed by atoms with Crippen LogP contribution in [0.2, 0.25) is 0 Å². The van der Waals surface area contributed by atoms with E-state index in [4.69, 9.17) is 0 Å². The molecule has 6 heteroatoms. The molecule has 0 aromatic heterocycles. The molecule has 0 aliphatic heterocycles. The summed E-state index contributed by atoms with van der Waals surface area (Å²) in [5.41, 5.74) is 0. The second-order valence-corrected chi connectivity index (χ2v) is 8.14. The molecule has 0 saturated carbocycles. The van der Waals surface area contributed by atoms with Gasteiger partial charge >= 0.3 is 0 Å².